The fourth-order valence-electron chi connectivity index (χ4n) is 1.85. The summed E-state index contributed by atoms with van der Waals surface area (Å²) in [6, 6.07) is 6.51. The summed E-state index contributed by atoms with van der Waals surface area (Å²) in [5, 5.41) is 5.01. The first-order chi connectivity index (χ1) is 7.28. The van der Waals surface area contributed by atoms with Crippen LogP contribution >= 0.6 is 0 Å². The second kappa shape index (κ2) is 3.44. The van der Waals surface area contributed by atoms with E-state index < -0.39 is 10.0 Å². The Morgan fingerprint density at radius 3 is 2.12 bits per heavy atom. The fourth-order valence-corrected chi connectivity index (χ4v) is 2.37. The molecule has 1 aliphatic rings. The summed E-state index contributed by atoms with van der Waals surface area (Å²) in [4.78, 5) is 2.22. The Balaban J connectivity index is 2.16. The fraction of sp³-hybridized carbons (Fsp3) is 0.400. The number of benzene rings is 1. The van der Waals surface area contributed by atoms with Crippen LogP contribution in [0.2, 0.25) is 0 Å². The third-order valence-corrected chi connectivity index (χ3v) is 3.56. The Labute approximate surface area is 95.1 Å². The van der Waals surface area contributed by atoms with Crippen LogP contribution in [0.3, 0.4) is 0 Å². The van der Waals surface area contributed by atoms with Crippen molar-refractivity contribution in [2.24, 2.45) is 10.9 Å². The lowest BCUT2D eigenvalue weighted by atomic mass is 9.93. The Morgan fingerprint density at radius 1 is 1.25 bits per heavy atom. The lowest BCUT2D eigenvalue weighted by molar-refractivity contribution is 0.365. The molecule has 0 atom stereocenters. The maximum Gasteiger partial charge on any atom is 0.238 e. The first-order valence-corrected chi connectivity index (χ1v) is 6.49. The van der Waals surface area contributed by atoms with Crippen LogP contribution in [0.5, 0.6) is 0 Å². The van der Waals surface area contributed by atoms with Crippen LogP contribution in [-0.2, 0) is 10.0 Å². The summed E-state index contributed by atoms with van der Waals surface area (Å²) in [6.45, 7) is 3.55. The number of primary sulfonamides is 1. The first kappa shape index (κ1) is 11.4. The Kier molecular flexibility index (Phi) is 2.45. The molecule has 0 amide bonds. The van der Waals surface area contributed by atoms with Gasteiger partial charge >= 0.3 is 0 Å². The third-order valence-electron chi connectivity index (χ3n) is 2.63. The Morgan fingerprint density at radius 2 is 1.75 bits per heavy atom. The van der Waals surface area contributed by atoms with Gasteiger partial charge in [0.15, 0.2) is 0 Å². The van der Waals surface area contributed by atoms with Gasteiger partial charge in [-0.25, -0.2) is 13.6 Å². The van der Waals surface area contributed by atoms with Crippen molar-refractivity contribution in [3.63, 3.8) is 0 Å². The van der Waals surface area contributed by atoms with E-state index in [0.29, 0.717) is 0 Å². The van der Waals surface area contributed by atoms with Gasteiger partial charge < -0.3 is 10.6 Å². The smallest absolute Gasteiger partial charge is 0.238 e. The van der Waals surface area contributed by atoms with Gasteiger partial charge in [-0.3, -0.25) is 0 Å². The highest BCUT2D eigenvalue weighted by Gasteiger charge is 2.34. The zero-order valence-electron chi connectivity index (χ0n) is 9.05. The Bertz CT molecular complexity index is 485. The van der Waals surface area contributed by atoms with Gasteiger partial charge in [-0.1, -0.05) is 0 Å². The third kappa shape index (κ3) is 2.18. The molecule has 0 saturated carbocycles. The number of nitrogens with two attached hydrogens (primary N) is 2. The van der Waals surface area contributed by atoms with Gasteiger partial charge in [0, 0.05) is 24.3 Å². The maximum atomic E-state index is 11.0. The van der Waals surface area contributed by atoms with Crippen molar-refractivity contribution in [3.8, 4) is 0 Å². The predicted molar refractivity (Wildman–Crippen MR) is 62.6 cm³/mol. The van der Waals surface area contributed by atoms with Crippen LogP contribution < -0.4 is 15.8 Å². The van der Waals surface area contributed by atoms with Crippen LogP contribution in [0.25, 0.3) is 0 Å². The van der Waals surface area contributed by atoms with Gasteiger partial charge in [0.05, 0.1) is 4.90 Å². The van der Waals surface area contributed by atoms with Crippen molar-refractivity contribution < 1.29 is 8.42 Å². The highest BCUT2D eigenvalue weighted by molar-refractivity contribution is 7.89. The average molecular weight is 241 g/mol. The molecule has 16 heavy (non-hydrogen) atoms. The SMILES string of the molecule is CC1(N)CN(c2ccc(S(N)(=O)=O)cc2)C1. The number of hydrogen-bond donors (Lipinski definition) is 2. The molecule has 1 aliphatic heterocycles. The van der Waals surface area contributed by atoms with E-state index in [1.165, 1.54) is 12.1 Å². The second-order valence-electron chi connectivity index (χ2n) is 4.55. The van der Waals surface area contributed by atoms with E-state index in [0.717, 1.165) is 18.8 Å². The van der Waals surface area contributed by atoms with Crippen LogP contribution in [0.15, 0.2) is 29.2 Å². The molecule has 0 radical (unpaired) electrons. The molecule has 6 heteroatoms. The highest BCUT2D eigenvalue weighted by atomic mass is 32.2. The summed E-state index contributed by atoms with van der Waals surface area (Å²) in [6.07, 6.45) is 0. The average Bonchev–Trinajstić information content (AvgIpc) is 2.13. The molecule has 0 bridgehead atoms. The summed E-state index contributed by atoms with van der Waals surface area (Å²) in [7, 11) is -3.60. The maximum absolute atomic E-state index is 11.0. The molecule has 1 saturated heterocycles. The lowest BCUT2D eigenvalue weighted by Gasteiger charge is -2.47. The van der Waals surface area contributed by atoms with E-state index in [-0.39, 0.29) is 10.4 Å². The summed E-state index contributed by atoms with van der Waals surface area (Å²) < 4.78 is 22.1. The monoisotopic (exact) mass is 241 g/mol. The molecule has 1 fully saturated rings. The summed E-state index contributed by atoms with van der Waals surface area (Å²) in [5.74, 6) is 0. The van der Waals surface area contributed by atoms with Gasteiger partial charge in [-0.2, -0.15) is 0 Å². The van der Waals surface area contributed by atoms with Crippen molar-refractivity contribution in [1.29, 1.82) is 0 Å². The number of rotatable bonds is 2. The number of anilines is 1. The van der Waals surface area contributed by atoms with E-state index >= 15 is 0 Å². The van der Waals surface area contributed by atoms with Crippen molar-refractivity contribution >= 4 is 15.7 Å². The van der Waals surface area contributed by atoms with Gasteiger partial charge in [-0.15, -0.1) is 0 Å². The van der Waals surface area contributed by atoms with Crippen molar-refractivity contribution in [1.82, 2.24) is 0 Å². The molecule has 0 aromatic heterocycles. The van der Waals surface area contributed by atoms with Crippen molar-refractivity contribution in [2.45, 2.75) is 17.4 Å². The van der Waals surface area contributed by atoms with E-state index in [4.69, 9.17) is 10.9 Å². The molecular formula is C10H15N3O2S. The van der Waals surface area contributed by atoms with E-state index in [1.54, 1.807) is 12.1 Å². The van der Waals surface area contributed by atoms with Crippen LogP contribution in [0.1, 0.15) is 6.92 Å². The standard InChI is InChI=1S/C10H15N3O2S/c1-10(11)6-13(7-10)8-2-4-9(5-3-8)16(12,14)15/h2-5H,6-7,11H2,1H3,(H2,12,14,15). The minimum atomic E-state index is -3.60. The zero-order valence-corrected chi connectivity index (χ0v) is 9.87. The van der Waals surface area contributed by atoms with Gasteiger partial charge in [0.1, 0.15) is 0 Å². The van der Waals surface area contributed by atoms with E-state index in [9.17, 15) is 8.42 Å². The molecule has 4 N–H and O–H groups in total. The molecule has 5 nitrogen and oxygen atoms in total. The number of sulfonamides is 1. The molecule has 0 aliphatic carbocycles. The molecule has 0 spiro atoms. The highest BCUT2D eigenvalue weighted by Crippen LogP contribution is 2.26. The van der Waals surface area contributed by atoms with Crippen LogP contribution in [0, 0.1) is 0 Å². The molecule has 88 valence electrons. The van der Waals surface area contributed by atoms with Crippen molar-refractivity contribution in [3.05, 3.63) is 24.3 Å². The minimum Gasteiger partial charge on any atom is -0.368 e. The zero-order chi connectivity index (χ0) is 12.0. The van der Waals surface area contributed by atoms with Gasteiger partial charge in [0.25, 0.3) is 0 Å². The molecule has 1 heterocycles. The topological polar surface area (TPSA) is 89.4 Å². The Hall–Kier alpha value is -1.11. The first-order valence-electron chi connectivity index (χ1n) is 4.95. The molecule has 0 unspecified atom stereocenters. The number of hydrogen-bond acceptors (Lipinski definition) is 4. The quantitative estimate of drug-likeness (QED) is 0.755. The molecular weight excluding hydrogens is 226 g/mol. The van der Waals surface area contributed by atoms with E-state index in [2.05, 4.69) is 4.90 Å². The predicted octanol–water partition coefficient (Wildman–Crippen LogP) is -0.129. The van der Waals surface area contributed by atoms with E-state index in [1.807, 2.05) is 6.92 Å². The summed E-state index contributed by atoms with van der Waals surface area (Å²) in [5.41, 5.74) is 6.72. The van der Waals surface area contributed by atoms with Gasteiger partial charge in [-0.05, 0) is 31.2 Å². The summed E-state index contributed by atoms with van der Waals surface area (Å²) >= 11 is 0. The number of nitrogens with zero attached hydrogens (tertiary/aromatic N) is 1. The second-order valence-corrected chi connectivity index (χ2v) is 6.11. The molecule has 2 rings (SSSR count). The molecule has 1 aromatic rings. The lowest BCUT2D eigenvalue weighted by Crippen LogP contribution is -2.65. The largest absolute Gasteiger partial charge is 0.368 e. The molecule has 1 aromatic carbocycles. The minimum absolute atomic E-state index is 0.132. The van der Waals surface area contributed by atoms with Crippen LogP contribution in [-0.4, -0.2) is 27.0 Å². The van der Waals surface area contributed by atoms with Crippen molar-refractivity contribution in [2.75, 3.05) is 18.0 Å². The van der Waals surface area contributed by atoms with Crippen LogP contribution in [0.4, 0.5) is 5.69 Å². The van der Waals surface area contributed by atoms with Gasteiger partial charge in [0.2, 0.25) is 10.0 Å². The normalized spacial score (nSPS) is 19.3.